The zero-order valence-corrected chi connectivity index (χ0v) is 35.4. The molecule has 2 bridgehead atoms. The van der Waals surface area contributed by atoms with Crippen LogP contribution in [0.5, 0.6) is 11.8 Å². The van der Waals surface area contributed by atoms with Gasteiger partial charge in [0.05, 0.1) is 55.5 Å². The molecular weight excluding hydrogens is 819 g/mol. The summed E-state index contributed by atoms with van der Waals surface area (Å²) >= 11 is 0. The molecule has 2 aromatic carbocycles. The average molecular weight is 865 g/mol. The van der Waals surface area contributed by atoms with E-state index in [1.807, 2.05) is 37.3 Å². The molecule has 5 unspecified atom stereocenters. The molecule has 0 saturated heterocycles. The van der Waals surface area contributed by atoms with E-state index in [0.717, 1.165) is 42.9 Å². The second-order valence-electron chi connectivity index (χ2n) is 18.3. The third kappa shape index (κ3) is 7.42. The maximum Gasteiger partial charge on any atom is 0.246 e. The number of hydrazone groups is 2. The summed E-state index contributed by atoms with van der Waals surface area (Å²) in [5.41, 5.74) is 2.89. The summed E-state index contributed by atoms with van der Waals surface area (Å²) in [5.74, 6) is -0.800. The van der Waals surface area contributed by atoms with E-state index in [1.165, 1.54) is 36.6 Å². The quantitative estimate of drug-likeness (QED) is 0.148. The minimum absolute atomic E-state index is 0.0212. The Morgan fingerprint density at radius 2 is 1.52 bits per heavy atom. The smallest absolute Gasteiger partial charge is 0.246 e. The fourth-order valence-electron chi connectivity index (χ4n) is 11.2. The van der Waals surface area contributed by atoms with E-state index < -0.39 is 29.6 Å². The largest absolute Gasteiger partial charge is 0.476 e. The predicted molar refractivity (Wildman–Crippen MR) is 226 cm³/mol. The Labute approximate surface area is 369 Å². The molecule has 5 fully saturated rings. The van der Waals surface area contributed by atoms with E-state index in [-0.39, 0.29) is 82.3 Å². The topological polar surface area (TPSA) is 183 Å². The fourth-order valence-corrected chi connectivity index (χ4v) is 11.2. The van der Waals surface area contributed by atoms with Crippen molar-refractivity contribution in [1.82, 2.24) is 30.0 Å². The molecule has 64 heavy (non-hydrogen) atoms. The number of carbonyl (C=O) groups excluding carboxylic acids is 2. The van der Waals surface area contributed by atoms with Crippen LogP contribution < -0.4 is 9.47 Å². The summed E-state index contributed by atoms with van der Waals surface area (Å²) in [6.07, 6.45) is 12.7. The maximum absolute atomic E-state index is 15.1. The first kappa shape index (κ1) is 41.3. The molecular formula is C48H46F2N10O4. The molecule has 11 rings (SSSR count). The summed E-state index contributed by atoms with van der Waals surface area (Å²) < 4.78 is 42.0. The number of rotatable bonds is 11. The lowest BCUT2D eigenvalue weighted by Gasteiger charge is -2.51. The van der Waals surface area contributed by atoms with Crippen LogP contribution in [0.25, 0.3) is 0 Å². The SMILES string of the molecule is Cc1ccc(C2C(c3nc(OC[C@@H]4C[C@H](C(=O)N5N=CC[C@H]5c5cc(F)c(C)cc5F)C5CC4C5)cnc3C#N)C=NN2C(=O)[C@H]2CC(COc3cnc(C#N)cn3)C3CCC32)cc1. The summed E-state index contributed by atoms with van der Waals surface area (Å²) in [6, 6.07) is 13.1. The second-order valence-corrected chi connectivity index (χ2v) is 18.3. The summed E-state index contributed by atoms with van der Waals surface area (Å²) in [4.78, 5) is 46.4. The summed E-state index contributed by atoms with van der Waals surface area (Å²) in [5, 5.41) is 31.4. The number of nitrogens with zero attached hydrogens (tertiary/aromatic N) is 10. The number of hydrogen-bond donors (Lipinski definition) is 0. The molecule has 2 aliphatic heterocycles. The fraction of sp³-hybridized carbons (Fsp3) is 0.458. The number of fused-ring (bicyclic) bond motifs is 3. The van der Waals surface area contributed by atoms with Gasteiger partial charge < -0.3 is 9.47 Å². The van der Waals surface area contributed by atoms with Crippen molar-refractivity contribution in [2.45, 2.75) is 76.8 Å². The number of benzene rings is 2. The molecule has 4 aromatic rings. The number of hydrogen-bond acceptors (Lipinski definition) is 12. The van der Waals surface area contributed by atoms with Crippen LogP contribution in [0.3, 0.4) is 0 Å². The number of halogens is 2. The highest BCUT2D eigenvalue weighted by Gasteiger charge is 2.54. The van der Waals surface area contributed by atoms with Gasteiger partial charge in [0.1, 0.15) is 23.8 Å². The van der Waals surface area contributed by atoms with Crippen molar-refractivity contribution in [1.29, 1.82) is 10.5 Å². The van der Waals surface area contributed by atoms with Crippen molar-refractivity contribution >= 4 is 24.2 Å². The van der Waals surface area contributed by atoms with Crippen LogP contribution in [0.15, 0.2) is 65.2 Å². The van der Waals surface area contributed by atoms with Crippen LogP contribution in [0.2, 0.25) is 0 Å². The van der Waals surface area contributed by atoms with Gasteiger partial charge in [0.2, 0.25) is 23.6 Å². The van der Waals surface area contributed by atoms with Gasteiger partial charge in [0, 0.05) is 36.2 Å². The maximum atomic E-state index is 15.1. The monoisotopic (exact) mass is 864 g/mol. The Balaban J connectivity index is 0.843. The van der Waals surface area contributed by atoms with E-state index in [1.54, 1.807) is 17.4 Å². The number of ether oxygens (including phenoxy) is 2. The Kier molecular flexibility index (Phi) is 10.8. The van der Waals surface area contributed by atoms with Gasteiger partial charge >= 0.3 is 0 Å². The molecule has 0 spiro atoms. The van der Waals surface area contributed by atoms with E-state index in [4.69, 9.17) is 24.8 Å². The van der Waals surface area contributed by atoms with Crippen molar-refractivity contribution < 1.29 is 27.8 Å². The highest BCUT2D eigenvalue weighted by molar-refractivity contribution is 5.85. The lowest BCUT2D eigenvalue weighted by atomic mass is 9.55. The van der Waals surface area contributed by atoms with Crippen molar-refractivity contribution in [3.63, 3.8) is 0 Å². The van der Waals surface area contributed by atoms with E-state index in [0.29, 0.717) is 49.3 Å². The van der Waals surface area contributed by atoms with Gasteiger partial charge in [-0.2, -0.15) is 20.7 Å². The van der Waals surface area contributed by atoms with E-state index in [9.17, 15) is 19.2 Å². The van der Waals surface area contributed by atoms with Crippen LogP contribution >= 0.6 is 0 Å². The number of amides is 2. The van der Waals surface area contributed by atoms with Crippen molar-refractivity contribution in [3.8, 4) is 23.9 Å². The van der Waals surface area contributed by atoms with E-state index >= 15 is 4.39 Å². The number of nitriles is 2. The molecule has 14 nitrogen and oxygen atoms in total. The molecule has 5 aliphatic carbocycles. The predicted octanol–water partition coefficient (Wildman–Crippen LogP) is 7.30. The minimum Gasteiger partial charge on any atom is -0.476 e. The second kappa shape index (κ2) is 16.8. The summed E-state index contributed by atoms with van der Waals surface area (Å²) in [6.45, 7) is 4.15. The molecule has 16 heteroatoms. The lowest BCUT2D eigenvalue weighted by Crippen LogP contribution is -2.50. The Morgan fingerprint density at radius 1 is 0.781 bits per heavy atom. The molecule has 9 atom stereocenters. The number of aromatic nitrogens is 4. The van der Waals surface area contributed by atoms with Crippen LogP contribution in [0.4, 0.5) is 8.78 Å². The highest BCUT2D eigenvalue weighted by atomic mass is 19.1. The van der Waals surface area contributed by atoms with Gasteiger partial charge in [-0.05, 0) is 111 Å². The number of aryl methyl sites for hydroxylation is 2. The first-order chi connectivity index (χ1) is 31.1. The third-order valence-corrected chi connectivity index (χ3v) is 14.8. The zero-order valence-electron chi connectivity index (χ0n) is 35.4. The van der Waals surface area contributed by atoms with Crippen LogP contribution in [0, 0.1) is 95.5 Å². The molecule has 4 heterocycles. The average Bonchev–Trinajstić information content (AvgIpc) is 4.01. The van der Waals surface area contributed by atoms with Crippen molar-refractivity contribution in [2.24, 2.45) is 57.5 Å². The molecule has 326 valence electrons. The lowest BCUT2D eigenvalue weighted by molar-refractivity contribution is -0.148. The Hall–Kier alpha value is -6.68. The molecule has 0 N–H and O–H groups in total. The Morgan fingerprint density at radius 3 is 2.25 bits per heavy atom. The first-order valence-electron chi connectivity index (χ1n) is 22.1. The minimum atomic E-state index is -0.710. The number of carbonyl (C=O) groups is 2. The van der Waals surface area contributed by atoms with Gasteiger partial charge in [-0.3, -0.25) is 9.59 Å². The third-order valence-electron chi connectivity index (χ3n) is 14.8. The van der Waals surface area contributed by atoms with Crippen molar-refractivity contribution in [3.05, 3.63) is 106 Å². The molecule has 0 radical (unpaired) electrons. The molecule has 2 aromatic heterocycles. The van der Waals surface area contributed by atoms with Gasteiger partial charge in [-0.15, -0.1) is 0 Å². The highest BCUT2D eigenvalue weighted by Crippen LogP contribution is 2.56. The summed E-state index contributed by atoms with van der Waals surface area (Å²) in [7, 11) is 0. The zero-order chi connectivity index (χ0) is 44.2. The van der Waals surface area contributed by atoms with Crippen LogP contribution in [0.1, 0.15) is 102 Å². The standard InChI is InChI=1S/C48H46F2N10O4/c1-25-3-5-27(6-4-25)46-38(20-57-60(46)48(62)36-15-31(33-7-8-34(33)36)24-63-43-21-53-32(17-51)19-55-43)45-41(18-52)54-22-44(58-45)64-23-30-14-35(29-12-28(30)13-29)47(61)59-42(9-10-56-59)37-16-39(49)26(2)11-40(37)50/h3-6,10-11,16,19-22,28-31,33-36,38,42,46H,7-9,12-15,23-24H2,1-2H3/t28?,29?,30-,31?,33?,34?,35-,36-,38?,42-,46?/m0/s1. The normalized spacial score (nSPS) is 29.6. The molecule has 7 aliphatic rings. The first-order valence-corrected chi connectivity index (χ1v) is 22.1. The van der Waals surface area contributed by atoms with Gasteiger partial charge in [0.25, 0.3) is 0 Å². The van der Waals surface area contributed by atoms with Crippen molar-refractivity contribution in [2.75, 3.05) is 13.2 Å². The van der Waals surface area contributed by atoms with Crippen LogP contribution in [-0.4, -0.2) is 67.4 Å². The van der Waals surface area contributed by atoms with Crippen LogP contribution in [-0.2, 0) is 9.59 Å². The van der Waals surface area contributed by atoms with E-state index in [2.05, 4.69) is 26.1 Å². The van der Waals surface area contributed by atoms with Gasteiger partial charge in [0.15, 0.2) is 11.4 Å². The molecule has 5 saturated carbocycles. The van der Waals surface area contributed by atoms with Gasteiger partial charge in [-0.1, -0.05) is 29.8 Å². The molecule has 2 amide bonds. The van der Waals surface area contributed by atoms with Gasteiger partial charge in [-0.25, -0.2) is 38.7 Å². The Bertz CT molecular complexity index is 2620.